The van der Waals surface area contributed by atoms with E-state index in [1.54, 1.807) is 47.4 Å². The molecular weight excluding hydrogens is 373 g/mol. The van der Waals surface area contributed by atoms with Crippen LogP contribution in [0, 0.1) is 5.82 Å². The average molecular weight is 397 g/mol. The van der Waals surface area contributed by atoms with Gasteiger partial charge in [-0.25, -0.2) is 9.18 Å². The van der Waals surface area contributed by atoms with Crippen LogP contribution < -0.4 is 0 Å². The highest BCUT2D eigenvalue weighted by molar-refractivity contribution is 5.87. The molecule has 1 heterocycles. The third kappa shape index (κ3) is 5.74. The van der Waals surface area contributed by atoms with Crippen LogP contribution in [0.5, 0.6) is 0 Å². The van der Waals surface area contributed by atoms with E-state index in [0.29, 0.717) is 32.2 Å². The quantitative estimate of drug-likeness (QED) is 0.671. The molecule has 2 atom stereocenters. The Morgan fingerprint density at radius 2 is 1.79 bits per heavy atom. The summed E-state index contributed by atoms with van der Waals surface area (Å²) in [6, 6.07) is 12.6. The number of aliphatic hydroxyl groups excluding tert-OH is 1. The highest BCUT2D eigenvalue weighted by Crippen LogP contribution is 2.21. The second-order valence-corrected chi connectivity index (χ2v) is 7.23. The normalized spacial score (nSPS) is 17.8. The van der Waals surface area contributed by atoms with Crippen molar-refractivity contribution in [3.05, 3.63) is 83.2 Å². The molecule has 0 aromatic heterocycles. The summed E-state index contributed by atoms with van der Waals surface area (Å²) in [6.07, 6.45) is 5.05. The highest BCUT2D eigenvalue weighted by Gasteiger charge is 2.28. The molecule has 152 valence electrons. The summed E-state index contributed by atoms with van der Waals surface area (Å²) in [5, 5.41) is 19.2. The highest BCUT2D eigenvalue weighted by atomic mass is 19.1. The minimum absolute atomic E-state index is 0.0661. The summed E-state index contributed by atoms with van der Waals surface area (Å²) >= 11 is 0. The molecule has 1 aliphatic rings. The number of halogens is 1. The lowest BCUT2D eigenvalue weighted by Crippen LogP contribution is -2.33. The molecule has 0 spiro atoms. The van der Waals surface area contributed by atoms with Crippen LogP contribution in [0.25, 0.3) is 0 Å². The van der Waals surface area contributed by atoms with E-state index in [2.05, 4.69) is 0 Å². The summed E-state index contributed by atoms with van der Waals surface area (Å²) in [5.41, 5.74) is 2.04. The molecule has 0 aliphatic carbocycles. The number of carboxylic acid groups (broad SMARTS) is 1. The van der Waals surface area contributed by atoms with E-state index in [-0.39, 0.29) is 23.3 Å². The fourth-order valence-electron chi connectivity index (χ4n) is 3.50. The van der Waals surface area contributed by atoms with Crippen molar-refractivity contribution >= 4 is 11.9 Å². The Labute approximate surface area is 169 Å². The Kier molecular flexibility index (Phi) is 6.77. The first-order chi connectivity index (χ1) is 13.9. The number of rotatable bonds is 8. The number of hydrogen-bond acceptors (Lipinski definition) is 3. The van der Waals surface area contributed by atoms with Gasteiger partial charge in [0.15, 0.2) is 0 Å². The van der Waals surface area contributed by atoms with Crippen LogP contribution in [0.3, 0.4) is 0 Å². The van der Waals surface area contributed by atoms with Crippen molar-refractivity contribution in [1.82, 2.24) is 4.90 Å². The molecule has 0 radical (unpaired) electrons. The standard InChI is InChI=1S/C23H24FNO4/c24-19-7-3-17(4-8-19)15-21(26)11-9-20-10-12-22(27)25(20)14-13-16-1-5-18(6-2-16)23(28)29/h1-9,11,20-21,26H,10,12-15H2,(H,28,29)/b11-9+/t20-,21+/m0/s1. The minimum atomic E-state index is -0.962. The maximum Gasteiger partial charge on any atom is 0.335 e. The van der Waals surface area contributed by atoms with Crippen molar-refractivity contribution in [2.75, 3.05) is 6.54 Å². The van der Waals surface area contributed by atoms with Crippen molar-refractivity contribution in [1.29, 1.82) is 0 Å². The number of likely N-dealkylation sites (tertiary alicyclic amines) is 1. The molecule has 1 amide bonds. The van der Waals surface area contributed by atoms with E-state index in [4.69, 9.17) is 5.11 Å². The number of hydrogen-bond donors (Lipinski definition) is 2. The van der Waals surface area contributed by atoms with Crippen LogP contribution in [-0.2, 0) is 17.6 Å². The van der Waals surface area contributed by atoms with Gasteiger partial charge in [0, 0.05) is 19.4 Å². The fraction of sp³-hybridized carbons (Fsp3) is 0.304. The van der Waals surface area contributed by atoms with E-state index < -0.39 is 12.1 Å². The first-order valence-corrected chi connectivity index (χ1v) is 9.65. The van der Waals surface area contributed by atoms with Crippen LogP contribution in [0.1, 0.15) is 34.3 Å². The molecule has 2 aromatic carbocycles. The van der Waals surface area contributed by atoms with Crippen LogP contribution in [0.2, 0.25) is 0 Å². The second kappa shape index (κ2) is 9.47. The first-order valence-electron chi connectivity index (χ1n) is 9.65. The topological polar surface area (TPSA) is 77.8 Å². The van der Waals surface area contributed by atoms with Gasteiger partial charge in [0.05, 0.1) is 17.7 Å². The number of carboxylic acids is 1. The van der Waals surface area contributed by atoms with Gasteiger partial charge in [-0.05, 0) is 48.2 Å². The fourth-order valence-corrected chi connectivity index (χ4v) is 3.50. The summed E-state index contributed by atoms with van der Waals surface area (Å²) < 4.78 is 13.0. The molecule has 3 rings (SSSR count). The molecule has 1 fully saturated rings. The zero-order valence-electron chi connectivity index (χ0n) is 16.0. The molecule has 1 saturated heterocycles. The number of nitrogens with zero attached hydrogens (tertiary/aromatic N) is 1. The van der Waals surface area contributed by atoms with E-state index in [0.717, 1.165) is 11.1 Å². The smallest absolute Gasteiger partial charge is 0.335 e. The summed E-state index contributed by atoms with van der Waals surface area (Å²) in [7, 11) is 0. The number of carbonyl (C=O) groups is 2. The number of amides is 1. The maximum atomic E-state index is 13.0. The SMILES string of the molecule is O=C(O)c1ccc(CCN2C(=O)CC[C@@H]2/C=C/[C@@H](O)Cc2ccc(F)cc2)cc1. The van der Waals surface area contributed by atoms with Crippen LogP contribution in [-0.4, -0.2) is 45.7 Å². The summed E-state index contributed by atoms with van der Waals surface area (Å²) in [5.74, 6) is -1.19. The molecule has 5 nitrogen and oxygen atoms in total. The van der Waals surface area contributed by atoms with Crippen molar-refractivity contribution in [3.8, 4) is 0 Å². The van der Waals surface area contributed by atoms with Gasteiger partial charge in [0.1, 0.15) is 5.82 Å². The summed E-state index contributed by atoms with van der Waals surface area (Å²) in [4.78, 5) is 25.0. The first kappa shape index (κ1) is 20.7. The van der Waals surface area contributed by atoms with E-state index in [9.17, 15) is 19.1 Å². The molecule has 2 N–H and O–H groups in total. The third-order valence-electron chi connectivity index (χ3n) is 5.13. The van der Waals surface area contributed by atoms with Gasteiger partial charge < -0.3 is 15.1 Å². The number of aromatic carboxylic acids is 1. The molecule has 0 bridgehead atoms. The van der Waals surface area contributed by atoms with Gasteiger partial charge in [0.2, 0.25) is 5.91 Å². The Morgan fingerprint density at radius 3 is 2.45 bits per heavy atom. The third-order valence-corrected chi connectivity index (χ3v) is 5.13. The lowest BCUT2D eigenvalue weighted by Gasteiger charge is -2.23. The molecule has 29 heavy (non-hydrogen) atoms. The zero-order valence-corrected chi connectivity index (χ0v) is 16.0. The number of carbonyl (C=O) groups excluding carboxylic acids is 1. The van der Waals surface area contributed by atoms with Gasteiger partial charge in [-0.3, -0.25) is 4.79 Å². The van der Waals surface area contributed by atoms with Crippen molar-refractivity contribution in [3.63, 3.8) is 0 Å². The number of aliphatic hydroxyl groups is 1. The minimum Gasteiger partial charge on any atom is -0.478 e. The predicted octanol–water partition coefficient (Wildman–Crippen LogP) is 3.22. The lowest BCUT2D eigenvalue weighted by molar-refractivity contribution is -0.128. The lowest BCUT2D eigenvalue weighted by atomic mass is 10.1. The Morgan fingerprint density at radius 1 is 1.14 bits per heavy atom. The molecule has 2 aromatic rings. The van der Waals surface area contributed by atoms with Gasteiger partial charge in [-0.15, -0.1) is 0 Å². The van der Waals surface area contributed by atoms with Gasteiger partial charge in [-0.2, -0.15) is 0 Å². The molecule has 1 aliphatic heterocycles. The van der Waals surface area contributed by atoms with E-state index in [1.165, 1.54) is 12.1 Å². The van der Waals surface area contributed by atoms with Crippen molar-refractivity contribution in [2.24, 2.45) is 0 Å². The van der Waals surface area contributed by atoms with Crippen LogP contribution in [0.15, 0.2) is 60.7 Å². The molecule has 0 unspecified atom stereocenters. The molecular formula is C23H24FNO4. The Hall–Kier alpha value is -2.99. The average Bonchev–Trinajstić information content (AvgIpc) is 3.06. The monoisotopic (exact) mass is 397 g/mol. The van der Waals surface area contributed by atoms with Gasteiger partial charge in [-0.1, -0.05) is 36.4 Å². The molecule has 6 heteroatoms. The second-order valence-electron chi connectivity index (χ2n) is 7.23. The van der Waals surface area contributed by atoms with E-state index in [1.807, 2.05) is 6.08 Å². The van der Waals surface area contributed by atoms with Crippen molar-refractivity contribution < 1.29 is 24.2 Å². The maximum absolute atomic E-state index is 13.0. The van der Waals surface area contributed by atoms with Gasteiger partial charge in [0.25, 0.3) is 0 Å². The number of benzene rings is 2. The Bertz CT molecular complexity index is 877. The Balaban J connectivity index is 1.55. The van der Waals surface area contributed by atoms with Crippen LogP contribution >= 0.6 is 0 Å². The van der Waals surface area contributed by atoms with Crippen molar-refractivity contribution in [2.45, 2.75) is 37.8 Å². The van der Waals surface area contributed by atoms with E-state index >= 15 is 0 Å². The zero-order chi connectivity index (χ0) is 20.8. The van der Waals surface area contributed by atoms with Gasteiger partial charge >= 0.3 is 5.97 Å². The largest absolute Gasteiger partial charge is 0.478 e. The molecule has 0 saturated carbocycles. The predicted molar refractivity (Wildman–Crippen MR) is 107 cm³/mol. The van der Waals surface area contributed by atoms with Crippen LogP contribution in [0.4, 0.5) is 4.39 Å². The summed E-state index contributed by atoms with van der Waals surface area (Å²) in [6.45, 7) is 0.536.